The third-order valence-corrected chi connectivity index (χ3v) is 5.61. The fraction of sp³-hybridized carbons (Fsp3) is 0.316. The van der Waals surface area contributed by atoms with E-state index in [-0.39, 0.29) is 4.90 Å². The molecule has 2 rings (SSSR count). The van der Waals surface area contributed by atoms with Gasteiger partial charge in [-0.3, -0.25) is 4.79 Å². The molecule has 134 valence electrons. The van der Waals surface area contributed by atoms with Crippen LogP contribution in [0.15, 0.2) is 59.5 Å². The summed E-state index contributed by atoms with van der Waals surface area (Å²) < 4.78 is 33.2. The normalized spacial score (nSPS) is 13.3. The molecule has 25 heavy (non-hydrogen) atoms. The number of benzene rings is 2. The van der Waals surface area contributed by atoms with Crippen molar-refractivity contribution >= 4 is 16.0 Å². The van der Waals surface area contributed by atoms with Crippen molar-refractivity contribution in [1.29, 1.82) is 0 Å². The molecule has 1 N–H and O–H groups in total. The molecule has 6 heteroatoms. The number of nitrogens with one attached hydrogen (secondary N) is 1. The van der Waals surface area contributed by atoms with E-state index >= 15 is 0 Å². The molecular weight excluding hydrogens is 338 g/mol. The van der Waals surface area contributed by atoms with Gasteiger partial charge in [0.1, 0.15) is 0 Å². The van der Waals surface area contributed by atoms with E-state index < -0.39 is 27.4 Å². The zero-order valence-corrected chi connectivity index (χ0v) is 15.6. The summed E-state index contributed by atoms with van der Waals surface area (Å²) in [6.07, 6.45) is 0. The highest BCUT2D eigenvalue weighted by Gasteiger charge is 2.41. The van der Waals surface area contributed by atoms with Gasteiger partial charge in [-0.25, -0.2) is 13.1 Å². The molecule has 0 saturated heterocycles. The summed E-state index contributed by atoms with van der Waals surface area (Å²) in [4.78, 5) is 12.4. The van der Waals surface area contributed by atoms with Gasteiger partial charge in [-0.2, -0.15) is 0 Å². The number of esters is 1. The maximum absolute atomic E-state index is 12.8. The first-order valence-electron chi connectivity index (χ1n) is 7.91. The predicted octanol–water partition coefficient (Wildman–Crippen LogP) is 3.21. The van der Waals surface area contributed by atoms with E-state index in [4.69, 9.17) is 4.74 Å². The second-order valence-corrected chi connectivity index (χ2v) is 8.21. The summed E-state index contributed by atoms with van der Waals surface area (Å²) >= 11 is 0. The molecule has 1 atom stereocenters. The minimum Gasteiger partial charge on any atom is -0.469 e. The van der Waals surface area contributed by atoms with E-state index in [1.807, 2.05) is 13.0 Å². The standard InChI is InChI=1S/C19H23NO4S/c1-14-10-12-16(13-11-14)25(22,23)20-17(15-8-6-5-7-9-15)19(2,3)18(21)24-4/h5-13,17,20H,1-4H3. The van der Waals surface area contributed by atoms with Gasteiger partial charge in [-0.15, -0.1) is 0 Å². The lowest BCUT2D eigenvalue weighted by molar-refractivity contribution is -0.152. The number of methoxy groups -OCH3 is 1. The fourth-order valence-corrected chi connectivity index (χ4v) is 3.97. The topological polar surface area (TPSA) is 72.5 Å². The highest BCUT2D eigenvalue weighted by molar-refractivity contribution is 7.89. The Hall–Kier alpha value is -2.18. The van der Waals surface area contributed by atoms with Crippen molar-refractivity contribution < 1.29 is 17.9 Å². The van der Waals surface area contributed by atoms with Crippen LogP contribution in [0.25, 0.3) is 0 Å². The van der Waals surface area contributed by atoms with Gasteiger partial charge >= 0.3 is 5.97 Å². The molecule has 0 amide bonds. The minimum absolute atomic E-state index is 0.152. The molecule has 1 unspecified atom stereocenters. The van der Waals surface area contributed by atoms with Crippen molar-refractivity contribution in [3.63, 3.8) is 0 Å². The molecule has 2 aromatic rings. The number of ether oxygens (including phenoxy) is 1. The quantitative estimate of drug-likeness (QED) is 0.802. The van der Waals surface area contributed by atoms with Gasteiger partial charge in [-0.1, -0.05) is 48.0 Å². The number of hydrogen-bond acceptors (Lipinski definition) is 4. The van der Waals surface area contributed by atoms with E-state index in [0.717, 1.165) is 5.56 Å². The zero-order valence-electron chi connectivity index (χ0n) is 14.8. The first-order valence-corrected chi connectivity index (χ1v) is 9.39. The molecule has 5 nitrogen and oxygen atoms in total. The van der Waals surface area contributed by atoms with Crippen LogP contribution in [0, 0.1) is 12.3 Å². The SMILES string of the molecule is COC(=O)C(C)(C)C(NS(=O)(=O)c1ccc(C)cc1)c1ccccc1. The summed E-state index contributed by atoms with van der Waals surface area (Å²) in [5.74, 6) is -0.493. The van der Waals surface area contributed by atoms with Crippen LogP contribution < -0.4 is 4.72 Å². The van der Waals surface area contributed by atoms with Crippen LogP contribution in [0.4, 0.5) is 0 Å². The van der Waals surface area contributed by atoms with Crippen LogP contribution in [-0.4, -0.2) is 21.5 Å². The Balaban J connectivity index is 2.46. The van der Waals surface area contributed by atoms with Gasteiger partial charge in [0.05, 0.1) is 23.5 Å². The van der Waals surface area contributed by atoms with Crippen molar-refractivity contribution in [3.05, 3.63) is 65.7 Å². The van der Waals surface area contributed by atoms with Crippen molar-refractivity contribution in [1.82, 2.24) is 4.72 Å². The molecule has 0 heterocycles. The molecule has 0 radical (unpaired) electrons. The first-order chi connectivity index (χ1) is 11.7. The molecular formula is C19H23NO4S. The Kier molecular flexibility index (Phi) is 5.65. The summed E-state index contributed by atoms with van der Waals surface area (Å²) in [7, 11) is -2.51. The van der Waals surface area contributed by atoms with Crippen molar-refractivity contribution in [2.24, 2.45) is 5.41 Å². The van der Waals surface area contributed by atoms with Crippen molar-refractivity contribution in [2.45, 2.75) is 31.7 Å². The summed E-state index contributed by atoms with van der Waals surface area (Å²) in [5, 5.41) is 0. The summed E-state index contributed by atoms with van der Waals surface area (Å²) in [6, 6.07) is 14.8. The zero-order chi connectivity index (χ0) is 18.7. The van der Waals surface area contributed by atoms with Crippen LogP contribution in [0.5, 0.6) is 0 Å². The molecule has 0 aliphatic rings. The van der Waals surface area contributed by atoms with E-state index in [1.165, 1.54) is 7.11 Å². The molecule has 0 aliphatic carbocycles. The second-order valence-electron chi connectivity index (χ2n) is 6.49. The number of sulfonamides is 1. The van der Waals surface area contributed by atoms with E-state index in [2.05, 4.69) is 4.72 Å². The second kappa shape index (κ2) is 7.37. The monoisotopic (exact) mass is 361 g/mol. The smallest absolute Gasteiger partial charge is 0.313 e. The van der Waals surface area contributed by atoms with Crippen LogP contribution in [0.1, 0.15) is 31.0 Å². The van der Waals surface area contributed by atoms with Gasteiger partial charge < -0.3 is 4.74 Å². The third kappa shape index (κ3) is 4.27. The van der Waals surface area contributed by atoms with Gasteiger partial charge in [-0.05, 0) is 38.5 Å². The van der Waals surface area contributed by atoms with E-state index in [0.29, 0.717) is 5.56 Å². The fourth-order valence-electron chi connectivity index (χ4n) is 2.60. The number of hydrogen-bond donors (Lipinski definition) is 1. The third-order valence-electron chi connectivity index (χ3n) is 4.17. The molecule has 2 aromatic carbocycles. The molecule has 0 aromatic heterocycles. The Bertz CT molecular complexity index is 827. The van der Waals surface area contributed by atoms with E-state index in [9.17, 15) is 13.2 Å². The van der Waals surface area contributed by atoms with Gasteiger partial charge in [0.25, 0.3) is 0 Å². The van der Waals surface area contributed by atoms with Gasteiger partial charge in [0.2, 0.25) is 10.0 Å². The van der Waals surface area contributed by atoms with Crippen LogP contribution >= 0.6 is 0 Å². The van der Waals surface area contributed by atoms with Gasteiger partial charge in [0.15, 0.2) is 0 Å². The average Bonchev–Trinajstić information content (AvgIpc) is 2.60. The molecule has 0 aliphatic heterocycles. The molecule has 0 spiro atoms. The largest absolute Gasteiger partial charge is 0.469 e. The number of carbonyl (C=O) groups is 1. The predicted molar refractivity (Wildman–Crippen MR) is 96.5 cm³/mol. The average molecular weight is 361 g/mol. The summed E-state index contributed by atoms with van der Waals surface area (Å²) in [6.45, 7) is 5.21. The molecule has 0 fully saturated rings. The van der Waals surface area contributed by atoms with Crippen molar-refractivity contribution in [3.8, 4) is 0 Å². The number of carbonyl (C=O) groups excluding carboxylic acids is 1. The van der Waals surface area contributed by atoms with Crippen LogP contribution in [-0.2, 0) is 19.6 Å². The van der Waals surface area contributed by atoms with Crippen molar-refractivity contribution in [2.75, 3.05) is 7.11 Å². The lowest BCUT2D eigenvalue weighted by Gasteiger charge is -2.32. The Labute approximate surface area is 149 Å². The van der Waals surface area contributed by atoms with Crippen LogP contribution in [0.2, 0.25) is 0 Å². The Morgan fingerprint density at radius 2 is 1.60 bits per heavy atom. The number of aryl methyl sites for hydroxylation is 1. The highest BCUT2D eigenvalue weighted by Crippen LogP contribution is 2.35. The molecule has 0 bridgehead atoms. The maximum Gasteiger partial charge on any atom is 0.313 e. The maximum atomic E-state index is 12.8. The Morgan fingerprint density at radius 1 is 1.04 bits per heavy atom. The minimum atomic E-state index is -3.81. The highest BCUT2D eigenvalue weighted by atomic mass is 32.2. The van der Waals surface area contributed by atoms with Crippen LogP contribution in [0.3, 0.4) is 0 Å². The Morgan fingerprint density at radius 3 is 2.12 bits per heavy atom. The van der Waals surface area contributed by atoms with E-state index in [1.54, 1.807) is 62.4 Å². The first kappa shape index (κ1) is 19.1. The lowest BCUT2D eigenvalue weighted by Crippen LogP contribution is -2.43. The summed E-state index contributed by atoms with van der Waals surface area (Å²) in [5.41, 5.74) is 0.565. The number of rotatable bonds is 6. The molecule has 0 saturated carbocycles. The lowest BCUT2D eigenvalue weighted by atomic mass is 9.81. The van der Waals surface area contributed by atoms with Gasteiger partial charge in [0, 0.05) is 0 Å².